The van der Waals surface area contributed by atoms with Crippen molar-refractivity contribution in [1.29, 1.82) is 0 Å². The highest BCUT2D eigenvalue weighted by Crippen LogP contribution is 2.27. The molecule has 1 aromatic rings. The first-order chi connectivity index (χ1) is 8.11. The van der Waals surface area contributed by atoms with E-state index in [1.165, 1.54) is 12.8 Å². The lowest BCUT2D eigenvalue weighted by molar-refractivity contribution is 0.180. The summed E-state index contributed by atoms with van der Waals surface area (Å²) >= 11 is 6.24. The van der Waals surface area contributed by atoms with Gasteiger partial charge >= 0.3 is 0 Å². The van der Waals surface area contributed by atoms with Crippen molar-refractivity contribution in [2.75, 3.05) is 13.6 Å². The zero-order valence-corrected chi connectivity index (χ0v) is 11.7. The van der Waals surface area contributed by atoms with Gasteiger partial charge in [-0.2, -0.15) is 0 Å². The van der Waals surface area contributed by atoms with Crippen molar-refractivity contribution >= 4 is 11.6 Å². The summed E-state index contributed by atoms with van der Waals surface area (Å²) in [7, 11) is 2.13. The van der Waals surface area contributed by atoms with E-state index < -0.39 is 0 Å². The Labute approximate surface area is 110 Å². The molecule has 0 amide bonds. The fourth-order valence-electron chi connectivity index (χ4n) is 2.19. The molecule has 0 heterocycles. The Bertz CT molecular complexity index is 341. The Morgan fingerprint density at radius 1 is 1.35 bits per heavy atom. The van der Waals surface area contributed by atoms with Gasteiger partial charge in [-0.05, 0) is 32.0 Å². The molecule has 2 unspecified atom stereocenters. The van der Waals surface area contributed by atoms with E-state index in [0.717, 1.165) is 10.6 Å². The van der Waals surface area contributed by atoms with Crippen LogP contribution in [-0.4, -0.2) is 24.5 Å². The number of benzene rings is 1. The second kappa shape index (κ2) is 7.00. The molecule has 0 saturated carbocycles. The van der Waals surface area contributed by atoms with Crippen LogP contribution in [0.2, 0.25) is 5.02 Å². The molecule has 0 aliphatic carbocycles. The van der Waals surface area contributed by atoms with Crippen LogP contribution in [0.25, 0.3) is 0 Å². The number of halogens is 1. The summed E-state index contributed by atoms with van der Waals surface area (Å²) in [6, 6.07) is 8.68. The summed E-state index contributed by atoms with van der Waals surface area (Å²) in [5.74, 6) is 0. The van der Waals surface area contributed by atoms with Crippen LogP contribution in [0.15, 0.2) is 24.3 Å². The Morgan fingerprint density at radius 3 is 2.53 bits per heavy atom. The molecular weight excluding hydrogens is 232 g/mol. The minimum atomic E-state index is 0.199. The zero-order chi connectivity index (χ0) is 12.8. The molecule has 0 saturated heterocycles. The third-order valence-electron chi connectivity index (χ3n) is 3.38. The van der Waals surface area contributed by atoms with Crippen LogP contribution in [0.1, 0.15) is 38.3 Å². The summed E-state index contributed by atoms with van der Waals surface area (Å²) in [5, 5.41) is 0.804. The lowest BCUT2D eigenvalue weighted by atomic mass is 10.0. The topological polar surface area (TPSA) is 29.3 Å². The zero-order valence-electron chi connectivity index (χ0n) is 11.0. The maximum absolute atomic E-state index is 6.24. The third-order valence-corrected chi connectivity index (χ3v) is 3.73. The first-order valence-corrected chi connectivity index (χ1v) is 6.66. The summed E-state index contributed by atoms with van der Waals surface area (Å²) in [5.41, 5.74) is 7.04. The van der Waals surface area contributed by atoms with Crippen LogP contribution in [0, 0.1) is 0 Å². The molecule has 0 aliphatic rings. The molecule has 2 N–H and O–H groups in total. The summed E-state index contributed by atoms with van der Waals surface area (Å²) in [6.07, 6.45) is 2.36. The molecule has 17 heavy (non-hydrogen) atoms. The fraction of sp³-hybridized carbons (Fsp3) is 0.571. The molecule has 2 atom stereocenters. The SMILES string of the molecule is CCCC(C)N(C)C(CN)c1ccccc1Cl. The van der Waals surface area contributed by atoms with Gasteiger partial charge in [-0.15, -0.1) is 0 Å². The van der Waals surface area contributed by atoms with Crippen molar-refractivity contribution in [3.05, 3.63) is 34.9 Å². The van der Waals surface area contributed by atoms with E-state index in [2.05, 4.69) is 31.9 Å². The van der Waals surface area contributed by atoms with E-state index in [1.54, 1.807) is 0 Å². The Kier molecular flexibility index (Phi) is 5.96. The van der Waals surface area contributed by atoms with E-state index >= 15 is 0 Å². The van der Waals surface area contributed by atoms with E-state index in [-0.39, 0.29) is 6.04 Å². The lowest BCUT2D eigenvalue weighted by Crippen LogP contribution is -2.37. The summed E-state index contributed by atoms with van der Waals surface area (Å²) in [6.45, 7) is 5.04. The summed E-state index contributed by atoms with van der Waals surface area (Å²) < 4.78 is 0. The van der Waals surface area contributed by atoms with Crippen LogP contribution in [0.5, 0.6) is 0 Å². The monoisotopic (exact) mass is 254 g/mol. The average Bonchev–Trinajstić information content (AvgIpc) is 2.32. The van der Waals surface area contributed by atoms with Gasteiger partial charge in [0.25, 0.3) is 0 Å². The number of hydrogen-bond donors (Lipinski definition) is 1. The number of likely N-dealkylation sites (N-methyl/N-ethyl adjacent to an activating group) is 1. The maximum Gasteiger partial charge on any atom is 0.0484 e. The molecule has 0 bridgehead atoms. The Balaban J connectivity index is 2.88. The second-order valence-corrected chi connectivity index (χ2v) is 4.98. The largest absolute Gasteiger partial charge is 0.329 e. The second-order valence-electron chi connectivity index (χ2n) is 4.58. The highest BCUT2D eigenvalue weighted by molar-refractivity contribution is 6.31. The molecule has 1 rings (SSSR count). The number of hydrogen-bond acceptors (Lipinski definition) is 2. The number of nitrogens with two attached hydrogens (primary N) is 1. The normalized spacial score (nSPS) is 14.9. The van der Waals surface area contributed by atoms with Gasteiger partial charge < -0.3 is 5.73 Å². The first kappa shape index (κ1) is 14.5. The van der Waals surface area contributed by atoms with Gasteiger partial charge in [-0.25, -0.2) is 0 Å². The standard InChI is InChI=1S/C14H23ClN2/c1-4-7-11(2)17(3)14(10-16)12-8-5-6-9-13(12)15/h5-6,8-9,11,14H,4,7,10,16H2,1-3H3. The third kappa shape index (κ3) is 3.70. The van der Waals surface area contributed by atoms with Crippen LogP contribution in [0.3, 0.4) is 0 Å². The number of rotatable bonds is 6. The van der Waals surface area contributed by atoms with Gasteiger partial charge in [-0.1, -0.05) is 43.1 Å². The molecule has 0 radical (unpaired) electrons. The van der Waals surface area contributed by atoms with Crippen LogP contribution < -0.4 is 5.73 Å². The predicted molar refractivity (Wildman–Crippen MR) is 75.4 cm³/mol. The van der Waals surface area contributed by atoms with Crippen molar-refractivity contribution in [1.82, 2.24) is 4.90 Å². The fourth-order valence-corrected chi connectivity index (χ4v) is 2.45. The van der Waals surface area contributed by atoms with Gasteiger partial charge in [0.1, 0.15) is 0 Å². The molecular formula is C14H23ClN2. The van der Waals surface area contributed by atoms with Crippen molar-refractivity contribution < 1.29 is 0 Å². The van der Waals surface area contributed by atoms with Crippen molar-refractivity contribution in [3.63, 3.8) is 0 Å². The molecule has 2 nitrogen and oxygen atoms in total. The Hall–Kier alpha value is -0.570. The quantitative estimate of drug-likeness (QED) is 0.843. The van der Waals surface area contributed by atoms with E-state index in [0.29, 0.717) is 12.6 Å². The van der Waals surface area contributed by atoms with Crippen LogP contribution >= 0.6 is 11.6 Å². The highest BCUT2D eigenvalue weighted by atomic mass is 35.5. The predicted octanol–water partition coefficient (Wildman–Crippen LogP) is 3.46. The molecule has 0 spiro atoms. The molecule has 0 fully saturated rings. The van der Waals surface area contributed by atoms with E-state index in [9.17, 15) is 0 Å². The van der Waals surface area contributed by atoms with Gasteiger partial charge in [0.15, 0.2) is 0 Å². The first-order valence-electron chi connectivity index (χ1n) is 6.28. The molecule has 96 valence electrons. The van der Waals surface area contributed by atoms with Crippen molar-refractivity contribution in [2.24, 2.45) is 5.73 Å². The molecule has 1 aromatic carbocycles. The van der Waals surface area contributed by atoms with Crippen molar-refractivity contribution in [3.8, 4) is 0 Å². The van der Waals surface area contributed by atoms with Gasteiger partial charge in [0.2, 0.25) is 0 Å². The average molecular weight is 255 g/mol. The van der Waals surface area contributed by atoms with Gasteiger partial charge in [0.05, 0.1) is 0 Å². The lowest BCUT2D eigenvalue weighted by Gasteiger charge is -2.33. The molecule has 0 aliphatic heterocycles. The van der Waals surface area contributed by atoms with Crippen molar-refractivity contribution in [2.45, 2.75) is 38.8 Å². The minimum absolute atomic E-state index is 0.199. The smallest absolute Gasteiger partial charge is 0.0484 e. The summed E-state index contributed by atoms with van der Waals surface area (Å²) in [4.78, 5) is 2.32. The van der Waals surface area contributed by atoms with Crippen LogP contribution in [0.4, 0.5) is 0 Å². The molecule has 0 aromatic heterocycles. The minimum Gasteiger partial charge on any atom is -0.329 e. The van der Waals surface area contributed by atoms with E-state index in [4.69, 9.17) is 17.3 Å². The Morgan fingerprint density at radius 2 is 2.00 bits per heavy atom. The number of nitrogens with zero attached hydrogens (tertiary/aromatic N) is 1. The molecule has 3 heteroatoms. The highest BCUT2D eigenvalue weighted by Gasteiger charge is 2.21. The maximum atomic E-state index is 6.24. The van der Waals surface area contributed by atoms with Crippen LogP contribution in [-0.2, 0) is 0 Å². The van der Waals surface area contributed by atoms with Gasteiger partial charge in [-0.3, -0.25) is 4.90 Å². The van der Waals surface area contributed by atoms with Gasteiger partial charge in [0, 0.05) is 23.7 Å². The van der Waals surface area contributed by atoms with E-state index in [1.807, 2.05) is 18.2 Å².